The molecule has 0 unspecified atom stereocenters. The molecule has 1 aliphatic heterocycles. The predicted molar refractivity (Wildman–Crippen MR) is 58.1 cm³/mol. The fraction of sp³-hybridized carbons (Fsp3) is 0.818. The fourth-order valence-electron chi connectivity index (χ4n) is 1.82. The van der Waals surface area contributed by atoms with Gasteiger partial charge in [-0.15, -0.1) is 0 Å². The third-order valence-corrected chi connectivity index (χ3v) is 2.74. The zero-order valence-electron chi connectivity index (χ0n) is 9.79. The van der Waals surface area contributed by atoms with Crippen LogP contribution in [0.25, 0.3) is 0 Å². The van der Waals surface area contributed by atoms with Gasteiger partial charge in [-0.05, 0) is 13.8 Å². The van der Waals surface area contributed by atoms with Crippen LogP contribution in [-0.4, -0.2) is 48.4 Å². The fourth-order valence-corrected chi connectivity index (χ4v) is 1.82. The molecule has 0 aliphatic carbocycles. The third-order valence-electron chi connectivity index (χ3n) is 2.74. The molecule has 1 amide bonds. The van der Waals surface area contributed by atoms with Crippen LogP contribution < -0.4 is 0 Å². The monoisotopic (exact) mass is 209 g/mol. The van der Waals surface area contributed by atoms with E-state index in [4.69, 9.17) is 5.26 Å². The molecule has 0 atom stereocenters. The predicted octanol–water partition coefficient (Wildman–Crippen LogP) is 0.700. The van der Waals surface area contributed by atoms with Crippen LogP contribution in [-0.2, 0) is 4.79 Å². The van der Waals surface area contributed by atoms with E-state index in [-0.39, 0.29) is 11.3 Å². The van der Waals surface area contributed by atoms with Gasteiger partial charge in [0.15, 0.2) is 0 Å². The van der Waals surface area contributed by atoms with Crippen LogP contribution in [0.15, 0.2) is 0 Å². The van der Waals surface area contributed by atoms with Crippen LogP contribution in [0.5, 0.6) is 0 Å². The molecule has 0 N–H and O–H groups in total. The van der Waals surface area contributed by atoms with Crippen LogP contribution in [0.2, 0.25) is 0 Å². The van der Waals surface area contributed by atoms with E-state index in [1.165, 1.54) is 0 Å². The highest BCUT2D eigenvalue weighted by molar-refractivity contribution is 5.73. The molecular weight excluding hydrogens is 190 g/mol. The van der Waals surface area contributed by atoms with Gasteiger partial charge >= 0.3 is 0 Å². The standard InChI is InChI=1S/C11H19N3O/c1-10(15)14-6-4-13(5-7-14)9-11(2,3)8-12/h4-7,9H2,1-3H3. The summed E-state index contributed by atoms with van der Waals surface area (Å²) < 4.78 is 0. The van der Waals surface area contributed by atoms with Gasteiger partial charge in [-0.3, -0.25) is 9.69 Å². The minimum absolute atomic E-state index is 0.147. The molecule has 4 nitrogen and oxygen atoms in total. The van der Waals surface area contributed by atoms with Crippen molar-refractivity contribution in [3.63, 3.8) is 0 Å². The molecule has 0 saturated carbocycles. The highest BCUT2D eigenvalue weighted by Gasteiger charge is 2.25. The molecule has 1 aliphatic rings. The molecule has 0 spiro atoms. The summed E-state index contributed by atoms with van der Waals surface area (Å²) in [6.07, 6.45) is 0. The second kappa shape index (κ2) is 4.63. The molecule has 0 aromatic carbocycles. The molecule has 84 valence electrons. The van der Waals surface area contributed by atoms with E-state index in [9.17, 15) is 4.79 Å². The summed E-state index contributed by atoms with van der Waals surface area (Å²) in [5.74, 6) is 0.147. The Bertz CT molecular complexity index is 272. The van der Waals surface area contributed by atoms with E-state index in [0.717, 1.165) is 32.7 Å². The zero-order chi connectivity index (χ0) is 11.5. The first kappa shape index (κ1) is 12.0. The van der Waals surface area contributed by atoms with Crippen molar-refractivity contribution in [3.8, 4) is 6.07 Å². The van der Waals surface area contributed by atoms with Gasteiger partial charge in [0.25, 0.3) is 0 Å². The number of carbonyl (C=O) groups excluding carboxylic acids is 1. The second-order valence-corrected chi connectivity index (χ2v) is 4.78. The number of carbonyl (C=O) groups is 1. The lowest BCUT2D eigenvalue weighted by Crippen LogP contribution is -2.50. The van der Waals surface area contributed by atoms with Gasteiger partial charge < -0.3 is 4.90 Å². The molecule has 1 saturated heterocycles. The first-order valence-electron chi connectivity index (χ1n) is 5.34. The van der Waals surface area contributed by atoms with Crippen molar-refractivity contribution in [3.05, 3.63) is 0 Å². The van der Waals surface area contributed by atoms with Crippen molar-refractivity contribution < 1.29 is 4.79 Å². The molecule has 0 aromatic heterocycles. The average Bonchev–Trinajstić information content (AvgIpc) is 2.18. The Kier molecular flexibility index (Phi) is 3.70. The first-order valence-corrected chi connectivity index (χ1v) is 5.34. The summed E-state index contributed by atoms with van der Waals surface area (Å²) in [5.41, 5.74) is -0.293. The van der Waals surface area contributed by atoms with Crippen LogP contribution in [0, 0.1) is 16.7 Å². The topological polar surface area (TPSA) is 47.3 Å². The van der Waals surface area contributed by atoms with Gasteiger partial charge in [-0.25, -0.2) is 0 Å². The quantitative estimate of drug-likeness (QED) is 0.672. The van der Waals surface area contributed by atoms with Crippen LogP contribution >= 0.6 is 0 Å². The Morgan fingerprint density at radius 2 is 1.87 bits per heavy atom. The van der Waals surface area contributed by atoms with Gasteiger partial charge in [0.2, 0.25) is 5.91 Å². The number of hydrogen-bond donors (Lipinski definition) is 0. The Balaban J connectivity index is 2.39. The number of nitrogens with zero attached hydrogens (tertiary/aromatic N) is 3. The summed E-state index contributed by atoms with van der Waals surface area (Å²) in [4.78, 5) is 15.2. The van der Waals surface area contributed by atoms with Crippen LogP contribution in [0.3, 0.4) is 0 Å². The summed E-state index contributed by atoms with van der Waals surface area (Å²) in [5, 5.41) is 8.92. The molecule has 1 heterocycles. The van der Waals surface area contributed by atoms with Gasteiger partial charge in [-0.2, -0.15) is 5.26 Å². The highest BCUT2D eigenvalue weighted by Crippen LogP contribution is 2.16. The largest absolute Gasteiger partial charge is 0.340 e. The molecular formula is C11H19N3O. The maximum Gasteiger partial charge on any atom is 0.219 e. The third kappa shape index (κ3) is 3.52. The van der Waals surface area contributed by atoms with E-state index in [2.05, 4.69) is 11.0 Å². The van der Waals surface area contributed by atoms with Crippen molar-refractivity contribution in [1.82, 2.24) is 9.80 Å². The lowest BCUT2D eigenvalue weighted by molar-refractivity contribution is -0.130. The molecule has 0 aromatic rings. The lowest BCUT2D eigenvalue weighted by Gasteiger charge is -2.36. The Labute approximate surface area is 91.5 Å². The van der Waals surface area contributed by atoms with Crippen molar-refractivity contribution in [2.75, 3.05) is 32.7 Å². The van der Waals surface area contributed by atoms with Crippen LogP contribution in [0.1, 0.15) is 20.8 Å². The number of nitriles is 1. The van der Waals surface area contributed by atoms with E-state index in [0.29, 0.717) is 0 Å². The maximum absolute atomic E-state index is 11.1. The molecule has 0 bridgehead atoms. The highest BCUT2D eigenvalue weighted by atomic mass is 16.2. The maximum atomic E-state index is 11.1. The van der Waals surface area contributed by atoms with E-state index in [1.807, 2.05) is 18.7 Å². The van der Waals surface area contributed by atoms with Gasteiger partial charge in [0.05, 0.1) is 11.5 Å². The minimum atomic E-state index is -0.293. The minimum Gasteiger partial charge on any atom is -0.340 e. The molecule has 0 radical (unpaired) electrons. The smallest absolute Gasteiger partial charge is 0.219 e. The molecule has 4 heteroatoms. The number of rotatable bonds is 2. The summed E-state index contributed by atoms with van der Waals surface area (Å²) in [7, 11) is 0. The first-order chi connectivity index (χ1) is 6.94. The summed E-state index contributed by atoms with van der Waals surface area (Å²) >= 11 is 0. The second-order valence-electron chi connectivity index (χ2n) is 4.78. The molecule has 15 heavy (non-hydrogen) atoms. The van der Waals surface area contributed by atoms with Gasteiger partial charge in [0, 0.05) is 39.6 Å². The summed E-state index contributed by atoms with van der Waals surface area (Å²) in [6, 6.07) is 2.30. The van der Waals surface area contributed by atoms with Gasteiger partial charge in [0.1, 0.15) is 0 Å². The number of amides is 1. The Morgan fingerprint density at radius 3 is 2.27 bits per heavy atom. The van der Waals surface area contributed by atoms with Crippen LogP contribution in [0.4, 0.5) is 0 Å². The zero-order valence-corrected chi connectivity index (χ0v) is 9.79. The number of piperazine rings is 1. The van der Waals surface area contributed by atoms with Crippen molar-refractivity contribution >= 4 is 5.91 Å². The van der Waals surface area contributed by atoms with Crippen molar-refractivity contribution in [1.29, 1.82) is 5.26 Å². The molecule has 1 fully saturated rings. The van der Waals surface area contributed by atoms with Crippen molar-refractivity contribution in [2.45, 2.75) is 20.8 Å². The normalized spacial score (nSPS) is 18.7. The lowest BCUT2D eigenvalue weighted by atomic mass is 9.95. The van der Waals surface area contributed by atoms with E-state index >= 15 is 0 Å². The Morgan fingerprint density at radius 1 is 1.33 bits per heavy atom. The summed E-state index contributed by atoms with van der Waals surface area (Å²) in [6.45, 7) is 9.63. The van der Waals surface area contributed by atoms with Gasteiger partial charge in [-0.1, -0.05) is 0 Å². The van der Waals surface area contributed by atoms with E-state index in [1.54, 1.807) is 6.92 Å². The van der Waals surface area contributed by atoms with E-state index < -0.39 is 0 Å². The van der Waals surface area contributed by atoms with Crippen molar-refractivity contribution in [2.24, 2.45) is 5.41 Å². The average molecular weight is 209 g/mol. The number of hydrogen-bond acceptors (Lipinski definition) is 3. The molecule has 1 rings (SSSR count). The SMILES string of the molecule is CC(=O)N1CCN(CC(C)(C)C#N)CC1. The Hall–Kier alpha value is -1.08.